The van der Waals surface area contributed by atoms with Gasteiger partial charge in [-0.25, -0.2) is 9.36 Å². The molecule has 0 aliphatic heterocycles. The Kier molecular flexibility index (Phi) is 5.52. The number of hydrogen-bond acceptors (Lipinski definition) is 3. The molecule has 6 nitrogen and oxygen atoms in total. The number of para-hydroxylation sites is 2. The van der Waals surface area contributed by atoms with Crippen LogP contribution in [0.2, 0.25) is 0 Å². The molecule has 0 unspecified atom stereocenters. The molecule has 0 atom stereocenters. The Morgan fingerprint density at radius 2 is 1.34 bits per heavy atom. The summed E-state index contributed by atoms with van der Waals surface area (Å²) in [5, 5.41) is 8.78. The third kappa shape index (κ3) is 4.60. The number of carbonyl (C=O) groups excluding carboxylic acids is 1. The average Bonchev–Trinajstić information content (AvgIpc) is 3.43. The fourth-order valence-corrected chi connectivity index (χ4v) is 3.18. The largest absolute Gasteiger partial charge is 0.341 e. The van der Waals surface area contributed by atoms with Gasteiger partial charge in [0.2, 0.25) is 5.91 Å². The van der Waals surface area contributed by atoms with Gasteiger partial charge in [-0.3, -0.25) is 4.79 Å². The number of amides is 1. The average molecular weight is 385 g/mol. The van der Waals surface area contributed by atoms with Crippen molar-refractivity contribution in [3.05, 3.63) is 96.6 Å². The van der Waals surface area contributed by atoms with Crippen molar-refractivity contribution in [3.63, 3.8) is 0 Å². The predicted octanol–water partition coefficient (Wildman–Crippen LogP) is 3.65. The number of nitrogens with zero attached hydrogens (tertiary/aromatic N) is 5. The van der Waals surface area contributed by atoms with E-state index in [1.165, 1.54) is 0 Å². The molecular formula is C23H23N5O. The summed E-state index contributed by atoms with van der Waals surface area (Å²) in [5.74, 6) is 0.102. The van der Waals surface area contributed by atoms with Gasteiger partial charge >= 0.3 is 0 Å². The molecule has 0 fully saturated rings. The smallest absolute Gasteiger partial charge is 0.222 e. The van der Waals surface area contributed by atoms with E-state index < -0.39 is 0 Å². The Morgan fingerprint density at radius 3 is 1.93 bits per heavy atom. The first-order valence-corrected chi connectivity index (χ1v) is 9.61. The summed E-state index contributed by atoms with van der Waals surface area (Å²) in [4.78, 5) is 14.3. The molecule has 4 rings (SSSR count). The van der Waals surface area contributed by atoms with E-state index >= 15 is 0 Å². The third-order valence-electron chi connectivity index (χ3n) is 4.79. The second kappa shape index (κ2) is 8.56. The van der Waals surface area contributed by atoms with Crippen LogP contribution in [0.1, 0.15) is 17.5 Å². The Hall–Kier alpha value is -3.67. The quantitative estimate of drug-likeness (QED) is 0.488. The minimum absolute atomic E-state index is 0.102. The Bertz CT molecular complexity index is 1070. The van der Waals surface area contributed by atoms with Gasteiger partial charge in [0.15, 0.2) is 0 Å². The maximum Gasteiger partial charge on any atom is 0.222 e. The zero-order valence-electron chi connectivity index (χ0n) is 16.3. The van der Waals surface area contributed by atoms with Crippen molar-refractivity contribution < 1.29 is 4.79 Å². The summed E-state index contributed by atoms with van der Waals surface area (Å²) in [7, 11) is 1.83. The van der Waals surface area contributed by atoms with Gasteiger partial charge in [-0.1, -0.05) is 36.4 Å². The molecule has 2 aromatic carbocycles. The van der Waals surface area contributed by atoms with Gasteiger partial charge in [0.05, 0.1) is 23.8 Å². The maximum absolute atomic E-state index is 12.5. The monoisotopic (exact) mass is 385 g/mol. The number of rotatable bonds is 7. The summed E-state index contributed by atoms with van der Waals surface area (Å²) in [6, 6.07) is 19.9. The minimum atomic E-state index is 0.102. The molecule has 2 aromatic heterocycles. The van der Waals surface area contributed by atoms with Crippen LogP contribution >= 0.6 is 0 Å². The molecule has 0 radical (unpaired) electrons. The van der Waals surface area contributed by atoms with Gasteiger partial charge in [0.1, 0.15) is 0 Å². The second-order valence-corrected chi connectivity index (χ2v) is 7.01. The Morgan fingerprint density at radius 1 is 0.828 bits per heavy atom. The molecule has 2 heterocycles. The van der Waals surface area contributed by atoms with Gasteiger partial charge in [-0.05, 0) is 36.2 Å². The molecule has 0 N–H and O–H groups in total. The number of benzene rings is 2. The third-order valence-corrected chi connectivity index (χ3v) is 4.79. The lowest BCUT2D eigenvalue weighted by Crippen LogP contribution is -2.26. The fourth-order valence-electron chi connectivity index (χ4n) is 3.18. The summed E-state index contributed by atoms with van der Waals surface area (Å²) < 4.78 is 3.66. The van der Waals surface area contributed by atoms with Crippen LogP contribution in [-0.2, 0) is 17.8 Å². The lowest BCUT2D eigenvalue weighted by Gasteiger charge is -2.15. The molecule has 0 saturated heterocycles. The van der Waals surface area contributed by atoms with Gasteiger partial charge in [0.25, 0.3) is 0 Å². The van der Waals surface area contributed by atoms with E-state index in [2.05, 4.69) is 10.2 Å². The standard InChI is InChI=1S/C23H23N5O/c1-26(16-20-15-25-28(18-20)22-10-6-3-7-11-22)23(29)13-12-19-14-24-27(17-19)21-8-4-2-5-9-21/h2-11,14-15,17-18H,12-13,16H2,1H3. The van der Waals surface area contributed by atoms with Crippen LogP contribution in [0, 0.1) is 0 Å². The zero-order valence-corrected chi connectivity index (χ0v) is 16.3. The van der Waals surface area contributed by atoms with Gasteiger partial charge in [-0.15, -0.1) is 0 Å². The molecule has 0 aliphatic rings. The molecule has 0 bridgehead atoms. The molecular weight excluding hydrogens is 362 g/mol. The first-order valence-electron chi connectivity index (χ1n) is 9.61. The first kappa shape index (κ1) is 18.7. The van der Waals surface area contributed by atoms with Crippen molar-refractivity contribution in [2.24, 2.45) is 0 Å². The van der Waals surface area contributed by atoms with Gasteiger partial charge in [-0.2, -0.15) is 10.2 Å². The number of aromatic nitrogens is 4. The van der Waals surface area contributed by atoms with E-state index in [9.17, 15) is 4.79 Å². The summed E-state index contributed by atoms with van der Waals surface area (Å²) >= 11 is 0. The fraction of sp³-hybridized carbons (Fsp3) is 0.174. The zero-order chi connectivity index (χ0) is 20.1. The number of carbonyl (C=O) groups is 1. The van der Waals surface area contributed by atoms with E-state index in [1.807, 2.05) is 95.7 Å². The molecule has 1 amide bonds. The lowest BCUT2D eigenvalue weighted by atomic mass is 10.2. The van der Waals surface area contributed by atoms with E-state index in [0.717, 1.165) is 22.5 Å². The highest BCUT2D eigenvalue weighted by Gasteiger charge is 2.12. The molecule has 146 valence electrons. The van der Waals surface area contributed by atoms with Crippen molar-refractivity contribution in [2.45, 2.75) is 19.4 Å². The normalized spacial score (nSPS) is 10.8. The Balaban J connectivity index is 1.31. The highest BCUT2D eigenvalue weighted by molar-refractivity contribution is 5.76. The summed E-state index contributed by atoms with van der Waals surface area (Å²) in [5.41, 5.74) is 4.06. The van der Waals surface area contributed by atoms with Crippen LogP contribution in [0.15, 0.2) is 85.5 Å². The molecule has 6 heteroatoms. The summed E-state index contributed by atoms with van der Waals surface area (Å²) in [6.07, 6.45) is 8.68. The van der Waals surface area contributed by atoms with Crippen LogP contribution in [0.4, 0.5) is 0 Å². The van der Waals surface area contributed by atoms with Crippen molar-refractivity contribution in [1.82, 2.24) is 24.5 Å². The van der Waals surface area contributed by atoms with Gasteiger partial charge in [0, 0.05) is 38.0 Å². The minimum Gasteiger partial charge on any atom is -0.341 e. The molecule has 0 spiro atoms. The highest BCUT2D eigenvalue weighted by Crippen LogP contribution is 2.12. The molecule has 0 saturated carbocycles. The van der Waals surface area contributed by atoms with E-state index in [-0.39, 0.29) is 5.91 Å². The molecule has 29 heavy (non-hydrogen) atoms. The topological polar surface area (TPSA) is 56.0 Å². The van der Waals surface area contributed by atoms with Gasteiger partial charge < -0.3 is 4.90 Å². The van der Waals surface area contributed by atoms with Crippen LogP contribution in [-0.4, -0.2) is 37.4 Å². The SMILES string of the molecule is CN(Cc1cnn(-c2ccccc2)c1)C(=O)CCc1cnn(-c2ccccc2)c1. The van der Waals surface area contributed by atoms with E-state index in [1.54, 1.807) is 11.1 Å². The second-order valence-electron chi connectivity index (χ2n) is 7.01. The lowest BCUT2D eigenvalue weighted by molar-refractivity contribution is -0.130. The van der Waals surface area contributed by atoms with E-state index in [4.69, 9.17) is 0 Å². The van der Waals surface area contributed by atoms with Crippen molar-refractivity contribution in [3.8, 4) is 11.4 Å². The predicted molar refractivity (Wildman–Crippen MR) is 112 cm³/mol. The Labute approximate surface area is 170 Å². The first-order chi connectivity index (χ1) is 14.2. The van der Waals surface area contributed by atoms with Crippen LogP contribution in [0.25, 0.3) is 11.4 Å². The van der Waals surface area contributed by atoms with Crippen LogP contribution < -0.4 is 0 Å². The van der Waals surface area contributed by atoms with Crippen molar-refractivity contribution >= 4 is 5.91 Å². The number of aryl methyl sites for hydroxylation is 1. The van der Waals surface area contributed by atoms with Crippen LogP contribution in [0.5, 0.6) is 0 Å². The maximum atomic E-state index is 12.5. The highest BCUT2D eigenvalue weighted by atomic mass is 16.2. The van der Waals surface area contributed by atoms with Crippen molar-refractivity contribution in [1.29, 1.82) is 0 Å². The van der Waals surface area contributed by atoms with E-state index in [0.29, 0.717) is 19.4 Å². The molecule has 0 aliphatic carbocycles. The summed E-state index contributed by atoms with van der Waals surface area (Å²) in [6.45, 7) is 0.537. The molecule has 4 aromatic rings. The van der Waals surface area contributed by atoms with Crippen LogP contribution in [0.3, 0.4) is 0 Å². The number of hydrogen-bond donors (Lipinski definition) is 0. The van der Waals surface area contributed by atoms with Crippen molar-refractivity contribution in [2.75, 3.05) is 7.05 Å².